The van der Waals surface area contributed by atoms with E-state index in [-0.39, 0.29) is 12.5 Å². The topological polar surface area (TPSA) is 70.4 Å². The lowest BCUT2D eigenvalue weighted by molar-refractivity contribution is -0.150. The second kappa shape index (κ2) is 8.82. The zero-order valence-corrected chi connectivity index (χ0v) is 15.8. The number of hydrogen-bond acceptors (Lipinski definition) is 4. The van der Waals surface area contributed by atoms with Crippen LogP contribution in [0.2, 0.25) is 0 Å². The van der Waals surface area contributed by atoms with Gasteiger partial charge >= 0.3 is 5.97 Å². The largest absolute Gasteiger partial charge is 0.452 e. The van der Waals surface area contributed by atoms with Crippen molar-refractivity contribution in [3.8, 4) is 6.07 Å². The first-order valence-corrected chi connectivity index (χ1v) is 9.05. The summed E-state index contributed by atoms with van der Waals surface area (Å²) in [6.45, 7) is -0.362. The van der Waals surface area contributed by atoms with Gasteiger partial charge in [0.15, 0.2) is 6.61 Å². The molecular formula is C19H21BrN2O3. The molecule has 5 nitrogen and oxygen atoms in total. The molecule has 0 unspecified atom stereocenters. The predicted molar refractivity (Wildman–Crippen MR) is 98.3 cm³/mol. The molecule has 1 aliphatic carbocycles. The molecule has 1 aliphatic rings. The van der Waals surface area contributed by atoms with Crippen LogP contribution in [0, 0.1) is 11.3 Å². The van der Waals surface area contributed by atoms with Crippen molar-refractivity contribution in [1.29, 1.82) is 5.26 Å². The SMILES string of the molecule is CN(C(=O)COC(=O)/C=C/c1ccccc1Br)C1(C#N)CCCCC1. The van der Waals surface area contributed by atoms with Crippen LogP contribution in [0.25, 0.3) is 6.08 Å². The van der Waals surface area contributed by atoms with Crippen molar-refractivity contribution in [2.45, 2.75) is 37.6 Å². The van der Waals surface area contributed by atoms with Gasteiger partial charge in [0.1, 0.15) is 5.54 Å². The second-order valence-corrected chi connectivity index (χ2v) is 6.97. The zero-order valence-electron chi connectivity index (χ0n) is 14.2. The molecule has 1 saturated carbocycles. The highest BCUT2D eigenvalue weighted by atomic mass is 79.9. The Hall–Kier alpha value is -2.13. The van der Waals surface area contributed by atoms with Crippen LogP contribution in [-0.2, 0) is 14.3 Å². The van der Waals surface area contributed by atoms with E-state index in [1.807, 2.05) is 24.3 Å². The first-order valence-electron chi connectivity index (χ1n) is 8.26. The Labute approximate surface area is 156 Å². The number of hydrogen-bond donors (Lipinski definition) is 0. The lowest BCUT2D eigenvalue weighted by atomic mass is 9.81. The molecular weight excluding hydrogens is 384 g/mol. The lowest BCUT2D eigenvalue weighted by Gasteiger charge is -2.38. The maximum atomic E-state index is 12.3. The number of nitrogens with zero attached hydrogens (tertiary/aromatic N) is 2. The first kappa shape index (κ1) is 19.2. The molecule has 1 aromatic rings. The minimum absolute atomic E-state index is 0.355. The summed E-state index contributed by atoms with van der Waals surface area (Å²) in [7, 11) is 1.61. The van der Waals surface area contributed by atoms with Crippen LogP contribution in [0.15, 0.2) is 34.8 Å². The summed E-state index contributed by atoms with van der Waals surface area (Å²) in [5, 5.41) is 9.51. The van der Waals surface area contributed by atoms with Crippen molar-refractivity contribution in [2.24, 2.45) is 0 Å². The second-order valence-electron chi connectivity index (χ2n) is 6.12. The number of ether oxygens (including phenoxy) is 1. The molecule has 132 valence electrons. The molecule has 0 aromatic heterocycles. The average Bonchev–Trinajstić information content (AvgIpc) is 2.65. The maximum Gasteiger partial charge on any atom is 0.331 e. The van der Waals surface area contributed by atoms with Gasteiger partial charge in [-0.1, -0.05) is 53.4 Å². The van der Waals surface area contributed by atoms with E-state index in [1.165, 1.54) is 11.0 Å². The Morgan fingerprint density at radius 3 is 2.64 bits per heavy atom. The van der Waals surface area contributed by atoms with E-state index in [9.17, 15) is 14.9 Å². The monoisotopic (exact) mass is 404 g/mol. The van der Waals surface area contributed by atoms with Crippen molar-refractivity contribution in [1.82, 2.24) is 4.90 Å². The molecule has 1 fully saturated rings. The summed E-state index contributed by atoms with van der Waals surface area (Å²) in [4.78, 5) is 25.6. The summed E-state index contributed by atoms with van der Waals surface area (Å²) in [5.41, 5.74) is 0.0699. The number of amides is 1. The van der Waals surface area contributed by atoms with Gasteiger partial charge in [-0.3, -0.25) is 4.79 Å². The average molecular weight is 405 g/mol. The van der Waals surface area contributed by atoms with E-state index < -0.39 is 11.5 Å². The summed E-state index contributed by atoms with van der Waals surface area (Å²) in [6, 6.07) is 9.75. The fourth-order valence-corrected chi connectivity index (χ4v) is 3.36. The molecule has 0 aliphatic heterocycles. The molecule has 25 heavy (non-hydrogen) atoms. The Balaban J connectivity index is 1.89. The van der Waals surface area contributed by atoms with Crippen molar-refractivity contribution in [3.05, 3.63) is 40.4 Å². The van der Waals surface area contributed by atoms with E-state index in [0.717, 1.165) is 29.3 Å². The highest BCUT2D eigenvalue weighted by Gasteiger charge is 2.38. The van der Waals surface area contributed by atoms with Crippen LogP contribution in [0.5, 0.6) is 0 Å². The summed E-state index contributed by atoms with van der Waals surface area (Å²) < 4.78 is 5.89. The van der Waals surface area contributed by atoms with Gasteiger partial charge in [0.05, 0.1) is 6.07 Å². The van der Waals surface area contributed by atoms with Crippen LogP contribution in [-0.4, -0.2) is 36.0 Å². The Morgan fingerprint density at radius 2 is 2.00 bits per heavy atom. The van der Waals surface area contributed by atoms with Gasteiger partial charge in [-0.15, -0.1) is 0 Å². The third-order valence-corrected chi connectivity index (χ3v) is 5.27. The van der Waals surface area contributed by atoms with Crippen molar-refractivity contribution in [3.63, 3.8) is 0 Å². The molecule has 2 rings (SSSR count). The molecule has 6 heteroatoms. The molecule has 0 bridgehead atoms. The molecule has 0 heterocycles. The van der Waals surface area contributed by atoms with Crippen LogP contribution in [0.4, 0.5) is 0 Å². The highest BCUT2D eigenvalue weighted by molar-refractivity contribution is 9.10. The lowest BCUT2D eigenvalue weighted by Crippen LogP contribution is -2.51. The number of benzene rings is 1. The Morgan fingerprint density at radius 1 is 1.32 bits per heavy atom. The van der Waals surface area contributed by atoms with Gasteiger partial charge < -0.3 is 9.64 Å². The van der Waals surface area contributed by atoms with Crippen LogP contribution >= 0.6 is 15.9 Å². The standard InChI is InChI=1S/C19H21BrN2O3/c1-22(19(14-21)11-5-2-6-12-19)17(23)13-25-18(24)10-9-15-7-3-4-8-16(15)20/h3-4,7-10H,2,5-6,11-13H2,1H3/b10-9+. The van der Waals surface area contributed by atoms with E-state index in [0.29, 0.717) is 12.8 Å². The molecule has 0 N–H and O–H groups in total. The summed E-state index contributed by atoms with van der Waals surface area (Å²) in [6.07, 6.45) is 7.19. The molecule has 0 saturated heterocycles. The number of rotatable bonds is 5. The highest BCUT2D eigenvalue weighted by Crippen LogP contribution is 2.32. The third-order valence-electron chi connectivity index (χ3n) is 4.55. The number of carbonyl (C=O) groups excluding carboxylic acids is 2. The Bertz CT molecular complexity index is 703. The van der Waals surface area contributed by atoms with Crippen LogP contribution < -0.4 is 0 Å². The van der Waals surface area contributed by atoms with Crippen molar-refractivity contribution in [2.75, 3.05) is 13.7 Å². The summed E-state index contributed by atoms with van der Waals surface area (Å²) >= 11 is 3.39. The number of halogens is 1. The fourth-order valence-electron chi connectivity index (χ4n) is 2.94. The van der Waals surface area contributed by atoms with E-state index in [4.69, 9.17) is 4.74 Å². The smallest absolute Gasteiger partial charge is 0.331 e. The van der Waals surface area contributed by atoms with Crippen LogP contribution in [0.3, 0.4) is 0 Å². The number of nitriles is 1. The van der Waals surface area contributed by atoms with Gasteiger partial charge in [-0.2, -0.15) is 5.26 Å². The van der Waals surface area contributed by atoms with E-state index in [1.54, 1.807) is 13.1 Å². The van der Waals surface area contributed by atoms with Gasteiger partial charge in [0.2, 0.25) is 0 Å². The van der Waals surface area contributed by atoms with Crippen LogP contribution in [0.1, 0.15) is 37.7 Å². The number of carbonyl (C=O) groups is 2. The van der Waals surface area contributed by atoms with E-state index in [2.05, 4.69) is 22.0 Å². The first-order chi connectivity index (χ1) is 12.0. The van der Waals surface area contributed by atoms with Gasteiger partial charge in [0, 0.05) is 17.6 Å². The molecule has 0 radical (unpaired) electrons. The minimum Gasteiger partial charge on any atom is -0.452 e. The number of likely N-dealkylation sites (N-methyl/N-ethyl adjacent to an activating group) is 1. The fraction of sp³-hybridized carbons (Fsp3) is 0.421. The molecule has 1 aromatic carbocycles. The summed E-state index contributed by atoms with van der Waals surface area (Å²) in [5.74, 6) is -0.946. The van der Waals surface area contributed by atoms with Gasteiger partial charge in [0.25, 0.3) is 5.91 Å². The van der Waals surface area contributed by atoms with Gasteiger partial charge in [-0.25, -0.2) is 4.79 Å². The number of esters is 1. The third kappa shape index (κ3) is 4.93. The molecule has 0 spiro atoms. The molecule has 0 atom stereocenters. The zero-order chi connectivity index (χ0) is 18.3. The quantitative estimate of drug-likeness (QED) is 0.554. The Kier molecular flexibility index (Phi) is 6.77. The van der Waals surface area contributed by atoms with Crippen molar-refractivity contribution >= 4 is 33.9 Å². The van der Waals surface area contributed by atoms with Crippen molar-refractivity contribution < 1.29 is 14.3 Å². The normalized spacial score (nSPS) is 16.2. The van der Waals surface area contributed by atoms with Gasteiger partial charge in [-0.05, 0) is 30.5 Å². The minimum atomic E-state index is -0.771. The molecule has 1 amide bonds. The predicted octanol–water partition coefficient (Wildman–Crippen LogP) is 3.69. The maximum absolute atomic E-state index is 12.3. The van der Waals surface area contributed by atoms with E-state index >= 15 is 0 Å².